The molecular weight excluding hydrogens is 242 g/mol. The van der Waals surface area contributed by atoms with E-state index in [9.17, 15) is 9.59 Å². The summed E-state index contributed by atoms with van der Waals surface area (Å²) in [6, 6.07) is 0.167. The molecule has 2 rings (SSSR count). The molecule has 4 heteroatoms. The average Bonchev–Trinajstić information content (AvgIpc) is 2.95. The SMILES string of the molecule is CC(C)N(CCCC(=O)O)C(=O)C1CC2CCC1C2. The average molecular weight is 267 g/mol. The maximum atomic E-state index is 12.6. The third-order valence-corrected chi connectivity index (χ3v) is 4.75. The third-order valence-electron chi connectivity index (χ3n) is 4.75. The van der Waals surface area contributed by atoms with E-state index >= 15 is 0 Å². The Balaban J connectivity index is 1.91. The summed E-state index contributed by atoms with van der Waals surface area (Å²) in [6.45, 7) is 4.62. The summed E-state index contributed by atoms with van der Waals surface area (Å²) >= 11 is 0. The quantitative estimate of drug-likeness (QED) is 0.804. The van der Waals surface area contributed by atoms with Crippen LogP contribution in [0.25, 0.3) is 0 Å². The van der Waals surface area contributed by atoms with Crippen molar-refractivity contribution in [3.05, 3.63) is 0 Å². The van der Waals surface area contributed by atoms with Crippen LogP contribution in [0.4, 0.5) is 0 Å². The predicted molar refractivity (Wildman–Crippen MR) is 72.7 cm³/mol. The lowest BCUT2D eigenvalue weighted by atomic mass is 9.87. The van der Waals surface area contributed by atoms with Gasteiger partial charge in [-0.1, -0.05) is 6.42 Å². The van der Waals surface area contributed by atoms with Gasteiger partial charge in [-0.25, -0.2) is 0 Å². The zero-order valence-electron chi connectivity index (χ0n) is 12.0. The Morgan fingerprint density at radius 3 is 2.47 bits per heavy atom. The Kier molecular flexibility index (Phi) is 4.48. The third kappa shape index (κ3) is 3.28. The van der Waals surface area contributed by atoms with Gasteiger partial charge in [-0.05, 0) is 51.4 Å². The molecular formula is C15H25NO3. The first-order chi connectivity index (χ1) is 8.99. The fourth-order valence-electron chi connectivity index (χ4n) is 3.78. The van der Waals surface area contributed by atoms with Gasteiger partial charge < -0.3 is 10.0 Å². The summed E-state index contributed by atoms with van der Waals surface area (Å²) in [5.74, 6) is 1.07. The number of carboxylic acids is 1. The fraction of sp³-hybridized carbons (Fsp3) is 0.867. The van der Waals surface area contributed by atoms with Crippen molar-refractivity contribution in [2.45, 2.75) is 58.4 Å². The highest BCUT2D eigenvalue weighted by atomic mass is 16.4. The molecule has 0 aromatic rings. The molecule has 0 spiro atoms. The lowest BCUT2D eigenvalue weighted by Gasteiger charge is -2.32. The molecule has 2 aliphatic rings. The molecule has 108 valence electrons. The van der Waals surface area contributed by atoms with Crippen LogP contribution in [0.5, 0.6) is 0 Å². The minimum atomic E-state index is -0.781. The van der Waals surface area contributed by atoms with Crippen LogP contribution in [0.15, 0.2) is 0 Å². The molecule has 0 radical (unpaired) electrons. The van der Waals surface area contributed by atoms with Gasteiger partial charge in [-0.2, -0.15) is 0 Å². The van der Waals surface area contributed by atoms with Crippen molar-refractivity contribution in [3.63, 3.8) is 0 Å². The van der Waals surface area contributed by atoms with Crippen molar-refractivity contribution in [3.8, 4) is 0 Å². The van der Waals surface area contributed by atoms with Crippen molar-refractivity contribution in [1.29, 1.82) is 0 Å². The number of nitrogens with zero attached hydrogens (tertiary/aromatic N) is 1. The molecule has 2 saturated carbocycles. The van der Waals surface area contributed by atoms with Crippen molar-refractivity contribution in [1.82, 2.24) is 4.90 Å². The zero-order chi connectivity index (χ0) is 14.0. The molecule has 0 heterocycles. The summed E-state index contributed by atoms with van der Waals surface area (Å²) in [5.41, 5.74) is 0. The fourth-order valence-corrected chi connectivity index (χ4v) is 3.78. The molecule has 2 bridgehead atoms. The van der Waals surface area contributed by atoms with Crippen LogP contribution in [0.3, 0.4) is 0 Å². The van der Waals surface area contributed by atoms with Gasteiger partial charge in [-0.15, -0.1) is 0 Å². The minimum absolute atomic E-state index is 0.146. The summed E-state index contributed by atoms with van der Waals surface area (Å²) in [5, 5.41) is 8.70. The summed E-state index contributed by atoms with van der Waals surface area (Å²) in [6.07, 6.45) is 5.51. The number of rotatable bonds is 6. The molecule has 2 fully saturated rings. The number of carboxylic acid groups (broad SMARTS) is 1. The molecule has 19 heavy (non-hydrogen) atoms. The minimum Gasteiger partial charge on any atom is -0.481 e. The molecule has 4 nitrogen and oxygen atoms in total. The van der Waals surface area contributed by atoms with E-state index in [-0.39, 0.29) is 24.3 Å². The second-order valence-electron chi connectivity index (χ2n) is 6.40. The van der Waals surface area contributed by atoms with E-state index in [4.69, 9.17) is 5.11 Å². The lowest BCUT2D eigenvalue weighted by molar-refractivity contribution is -0.141. The van der Waals surface area contributed by atoms with E-state index in [1.54, 1.807) is 0 Å². The van der Waals surface area contributed by atoms with E-state index in [0.717, 1.165) is 12.3 Å². The molecule has 0 aromatic carbocycles. The monoisotopic (exact) mass is 267 g/mol. The Morgan fingerprint density at radius 1 is 1.26 bits per heavy atom. The Morgan fingerprint density at radius 2 is 2.00 bits per heavy atom. The second kappa shape index (κ2) is 5.93. The number of carbonyl (C=O) groups excluding carboxylic acids is 1. The lowest BCUT2D eigenvalue weighted by Crippen LogP contribution is -2.43. The van der Waals surface area contributed by atoms with Gasteiger partial charge in [0.15, 0.2) is 0 Å². The predicted octanol–water partition coefficient (Wildman–Crippen LogP) is 2.52. The molecule has 1 N–H and O–H groups in total. The topological polar surface area (TPSA) is 57.6 Å². The van der Waals surface area contributed by atoms with Gasteiger partial charge in [0, 0.05) is 24.9 Å². The number of hydrogen-bond donors (Lipinski definition) is 1. The van der Waals surface area contributed by atoms with Gasteiger partial charge in [0.05, 0.1) is 0 Å². The maximum Gasteiger partial charge on any atom is 0.303 e. The number of fused-ring (bicyclic) bond motifs is 2. The van der Waals surface area contributed by atoms with Crippen LogP contribution in [0, 0.1) is 17.8 Å². The Labute approximate surface area is 115 Å². The van der Waals surface area contributed by atoms with E-state index < -0.39 is 5.97 Å². The van der Waals surface area contributed by atoms with Gasteiger partial charge in [0.1, 0.15) is 0 Å². The first-order valence-corrected chi connectivity index (χ1v) is 7.51. The van der Waals surface area contributed by atoms with E-state index in [2.05, 4.69) is 0 Å². The maximum absolute atomic E-state index is 12.6. The number of aliphatic carboxylic acids is 1. The van der Waals surface area contributed by atoms with Gasteiger partial charge >= 0.3 is 5.97 Å². The molecule has 1 amide bonds. The van der Waals surface area contributed by atoms with Crippen molar-refractivity contribution < 1.29 is 14.7 Å². The standard InChI is InChI=1S/C15H25NO3/c1-10(2)16(7-3-4-14(17)18)15(19)13-9-11-5-6-12(13)8-11/h10-13H,3-9H2,1-2H3,(H,17,18). The van der Waals surface area contributed by atoms with Crippen LogP contribution >= 0.6 is 0 Å². The van der Waals surface area contributed by atoms with E-state index in [1.165, 1.54) is 19.3 Å². The zero-order valence-corrected chi connectivity index (χ0v) is 12.0. The van der Waals surface area contributed by atoms with Gasteiger partial charge in [0.25, 0.3) is 0 Å². The van der Waals surface area contributed by atoms with Crippen molar-refractivity contribution in [2.75, 3.05) is 6.54 Å². The Hall–Kier alpha value is -1.06. The highest BCUT2D eigenvalue weighted by Crippen LogP contribution is 2.49. The van der Waals surface area contributed by atoms with Crippen LogP contribution in [0.1, 0.15) is 52.4 Å². The van der Waals surface area contributed by atoms with Crippen LogP contribution in [0.2, 0.25) is 0 Å². The number of carbonyl (C=O) groups is 2. The number of hydrogen-bond acceptors (Lipinski definition) is 2. The molecule has 3 atom stereocenters. The highest BCUT2D eigenvalue weighted by Gasteiger charge is 2.44. The summed E-state index contributed by atoms with van der Waals surface area (Å²) < 4.78 is 0. The summed E-state index contributed by atoms with van der Waals surface area (Å²) in [4.78, 5) is 25.1. The summed E-state index contributed by atoms with van der Waals surface area (Å²) in [7, 11) is 0. The van der Waals surface area contributed by atoms with E-state index in [0.29, 0.717) is 18.9 Å². The van der Waals surface area contributed by atoms with Crippen LogP contribution < -0.4 is 0 Å². The first kappa shape index (κ1) is 14.4. The number of amides is 1. The van der Waals surface area contributed by atoms with Crippen LogP contribution in [-0.4, -0.2) is 34.5 Å². The highest BCUT2D eigenvalue weighted by molar-refractivity contribution is 5.80. The normalized spacial score (nSPS) is 28.9. The van der Waals surface area contributed by atoms with E-state index in [1.807, 2.05) is 18.7 Å². The molecule has 0 aromatic heterocycles. The smallest absolute Gasteiger partial charge is 0.303 e. The van der Waals surface area contributed by atoms with Crippen molar-refractivity contribution >= 4 is 11.9 Å². The molecule has 2 aliphatic carbocycles. The van der Waals surface area contributed by atoms with Gasteiger partial charge in [0.2, 0.25) is 5.91 Å². The molecule has 0 saturated heterocycles. The van der Waals surface area contributed by atoms with Crippen LogP contribution in [-0.2, 0) is 9.59 Å². The van der Waals surface area contributed by atoms with Gasteiger partial charge in [-0.3, -0.25) is 9.59 Å². The first-order valence-electron chi connectivity index (χ1n) is 7.51. The largest absolute Gasteiger partial charge is 0.481 e. The second-order valence-corrected chi connectivity index (χ2v) is 6.40. The molecule has 3 unspecified atom stereocenters. The van der Waals surface area contributed by atoms with Crippen molar-refractivity contribution in [2.24, 2.45) is 17.8 Å². The molecule has 0 aliphatic heterocycles. The Bertz CT molecular complexity index is 353.